The zero-order valence-electron chi connectivity index (χ0n) is 10.6. The van der Waals surface area contributed by atoms with Crippen LogP contribution in [-0.2, 0) is 10.0 Å². The highest BCUT2D eigenvalue weighted by Gasteiger charge is 2.34. The van der Waals surface area contributed by atoms with Gasteiger partial charge in [-0.2, -0.15) is 4.31 Å². The highest BCUT2D eigenvalue weighted by molar-refractivity contribution is 7.89. The molecule has 1 saturated heterocycles. The normalized spacial score (nSPS) is 20.8. The smallest absolute Gasteiger partial charge is 0.207 e. The summed E-state index contributed by atoms with van der Waals surface area (Å²) in [7, 11) is -3.43. The number of hydrogen-bond donors (Lipinski definition) is 0. The summed E-state index contributed by atoms with van der Waals surface area (Å²) in [6.07, 6.45) is 3.49. The number of hydrogen-bond acceptors (Lipinski definition) is 2. The second kappa shape index (κ2) is 6.44. The molecule has 2 rings (SSSR count). The van der Waals surface area contributed by atoms with E-state index >= 15 is 0 Å². The zero-order chi connectivity index (χ0) is 13.9. The van der Waals surface area contributed by atoms with Crippen molar-refractivity contribution in [2.45, 2.75) is 36.6 Å². The van der Waals surface area contributed by atoms with Crippen LogP contribution >= 0.6 is 23.2 Å². The van der Waals surface area contributed by atoms with E-state index in [0.717, 1.165) is 25.7 Å². The van der Waals surface area contributed by atoms with Gasteiger partial charge in [0.2, 0.25) is 10.0 Å². The largest absolute Gasteiger partial charge is 0.243 e. The summed E-state index contributed by atoms with van der Waals surface area (Å²) in [4.78, 5) is 0.276. The molecule has 1 fully saturated rings. The van der Waals surface area contributed by atoms with E-state index in [1.807, 2.05) is 0 Å². The highest BCUT2D eigenvalue weighted by Crippen LogP contribution is 2.29. The maximum atomic E-state index is 12.6. The third kappa shape index (κ3) is 3.43. The third-order valence-electron chi connectivity index (χ3n) is 3.40. The van der Waals surface area contributed by atoms with Gasteiger partial charge >= 0.3 is 0 Å². The fraction of sp³-hybridized carbons (Fsp3) is 0.538. The van der Waals surface area contributed by atoms with Crippen LogP contribution < -0.4 is 0 Å². The number of sulfonamides is 1. The van der Waals surface area contributed by atoms with Crippen LogP contribution in [0.25, 0.3) is 0 Å². The number of alkyl halides is 1. The van der Waals surface area contributed by atoms with E-state index in [4.69, 9.17) is 23.2 Å². The number of benzene rings is 1. The molecule has 19 heavy (non-hydrogen) atoms. The topological polar surface area (TPSA) is 37.4 Å². The Labute approximate surface area is 124 Å². The van der Waals surface area contributed by atoms with Crippen molar-refractivity contribution in [3.05, 3.63) is 29.3 Å². The first kappa shape index (κ1) is 15.1. The molecule has 0 spiro atoms. The molecule has 1 aromatic carbocycles. The molecule has 1 aliphatic rings. The minimum atomic E-state index is -3.43. The van der Waals surface area contributed by atoms with Crippen molar-refractivity contribution < 1.29 is 8.42 Å². The lowest BCUT2D eigenvalue weighted by Gasteiger charge is -2.24. The molecule has 0 N–H and O–H groups in total. The van der Waals surface area contributed by atoms with E-state index in [2.05, 4.69) is 0 Å². The molecule has 0 aromatic heterocycles. The molecular weight excluding hydrogens is 305 g/mol. The maximum absolute atomic E-state index is 12.6. The van der Waals surface area contributed by atoms with Crippen molar-refractivity contribution in [3.63, 3.8) is 0 Å². The second-order valence-electron chi connectivity index (χ2n) is 4.70. The first-order valence-electron chi connectivity index (χ1n) is 6.39. The van der Waals surface area contributed by atoms with E-state index in [1.165, 1.54) is 6.07 Å². The van der Waals surface area contributed by atoms with E-state index in [-0.39, 0.29) is 10.9 Å². The molecule has 0 amide bonds. The van der Waals surface area contributed by atoms with Crippen LogP contribution in [0.3, 0.4) is 0 Å². The van der Waals surface area contributed by atoms with Crippen molar-refractivity contribution >= 4 is 33.2 Å². The Morgan fingerprint density at radius 3 is 2.84 bits per heavy atom. The summed E-state index contributed by atoms with van der Waals surface area (Å²) in [5, 5.41) is 0.442. The summed E-state index contributed by atoms with van der Waals surface area (Å²) in [5.41, 5.74) is 0. The van der Waals surface area contributed by atoms with Gasteiger partial charge in [0.05, 0.1) is 4.90 Å². The molecule has 1 aliphatic heterocycles. The Kier molecular flexibility index (Phi) is 5.12. The summed E-state index contributed by atoms with van der Waals surface area (Å²) in [6, 6.07) is 6.52. The average Bonchev–Trinajstić information content (AvgIpc) is 2.85. The van der Waals surface area contributed by atoms with Crippen molar-refractivity contribution in [3.8, 4) is 0 Å². The molecular formula is C13H17Cl2NO2S. The molecule has 1 atom stereocenters. The maximum Gasteiger partial charge on any atom is 0.243 e. The fourth-order valence-corrected chi connectivity index (χ4v) is 4.67. The molecule has 6 heteroatoms. The Hall–Kier alpha value is -0.290. The number of halogens is 2. The monoisotopic (exact) mass is 321 g/mol. The fourth-order valence-electron chi connectivity index (χ4n) is 2.49. The van der Waals surface area contributed by atoms with Crippen LogP contribution in [0.4, 0.5) is 0 Å². The highest BCUT2D eigenvalue weighted by atomic mass is 35.5. The van der Waals surface area contributed by atoms with Crippen LogP contribution in [0, 0.1) is 0 Å². The van der Waals surface area contributed by atoms with Gasteiger partial charge in [0, 0.05) is 23.5 Å². The Balaban J connectivity index is 2.23. The zero-order valence-corrected chi connectivity index (χ0v) is 12.9. The lowest BCUT2D eigenvalue weighted by Crippen LogP contribution is -2.35. The lowest BCUT2D eigenvalue weighted by molar-refractivity contribution is 0.368. The molecule has 0 radical (unpaired) electrons. The number of nitrogens with zero attached hydrogens (tertiary/aromatic N) is 1. The Morgan fingerprint density at radius 1 is 1.37 bits per heavy atom. The summed E-state index contributed by atoms with van der Waals surface area (Å²) < 4.78 is 26.8. The molecule has 1 heterocycles. The molecule has 0 saturated carbocycles. The first-order valence-corrected chi connectivity index (χ1v) is 8.74. The van der Waals surface area contributed by atoms with Crippen LogP contribution in [0.2, 0.25) is 5.02 Å². The van der Waals surface area contributed by atoms with E-state index in [1.54, 1.807) is 22.5 Å². The second-order valence-corrected chi connectivity index (χ2v) is 7.41. The van der Waals surface area contributed by atoms with Crippen LogP contribution in [0.5, 0.6) is 0 Å². The molecule has 106 valence electrons. The van der Waals surface area contributed by atoms with Gasteiger partial charge in [0.15, 0.2) is 0 Å². The van der Waals surface area contributed by atoms with Gasteiger partial charge in [0.1, 0.15) is 0 Å². The standard InChI is InChI=1S/C13H17Cl2NO2S/c14-8-2-5-12-6-3-9-16(12)19(17,18)13-7-1-4-11(15)10-13/h1,4,7,10,12H,2-3,5-6,8-9H2. The molecule has 0 bridgehead atoms. The number of rotatable bonds is 5. The van der Waals surface area contributed by atoms with Crippen molar-refractivity contribution in [1.82, 2.24) is 4.31 Å². The molecule has 0 aliphatic carbocycles. The summed E-state index contributed by atoms with van der Waals surface area (Å²) >= 11 is 11.6. The van der Waals surface area contributed by atoms with E-state index < -0.39 is 10.0 Å². The first-order chi connectivity index (χ1) is 9.05. The quantitative estimate of drug-likeness (QED) is 0.778. The van der Waals surface area contributed by atoms with Crippen LogP contribution in [0.1, 0.15) is 25.7 Å². The van der Waals surface area contributed by atoms with Gasteiger partial charge in [-0.15, -0.1) is 11.6 Å². The summed E-state index contributed by atoms with van der Waals surface area (Å²) in [6.45, 7) is 0.585. The Bertz CT molecular complexity index is 533. The van der Waals surface area contributed by atoms with Crippen LogP contribution in [0.15, 0.2) is 29.2 Å². The minimum Gasteiger partial charge on any atom is -0.207 e. The molecule has 1 aromatic rings. The predicted octanol–water partition coefficient (Wildman–Crippen LogP) is 3.51. The van der Waals surface area contributed by atoms with E-state index in [9.17, 15) is 8.42 Å². The van der Waals surface area contributed by atoms with Gasteiger partial charge in [-0.1, -0.05) is 17.7 Å². The molecule has 3 nitrogen and oxygen atoms in total. The van der Waals surface area contributed by atoms with Crippen LogP contribution in [-0.4, -0.2) is 31.2 Å². The van der Waals surface area contributed by atoms with Gasteiger partial charge in [-0.25, -0.2) is 8.42 Å². The van der Waals surface area contributed by atoms with Gasteiger partial charge in [-0.3, -0.25) is 0 Å². The summed E-state index contributed by atoms with van der Waals surface area (Å²) in [5.74, 6) is 0.571. The van der Waals surface area contributed by atoms with Crippen molar-refractivity contribution in [2.75, 3.05) is 12.4 Å². The van der Waals surface area contributed by atoms with Crippen molar-refractivity contribution in [1.29, 1.82) is 0 Å². The van der Waals surface area contributed by atoms with Crippen molar-refractivity contribution in [2.24, 2.45) is 0 Å². The average molecular weight is 322 g/mol. The Morgan fingerprint density at radius 2 is 2.16 bits per heavy atom. The predicted molar refractivity (Wildman–Crippen MR) is 78.3 cm³/mol. The van der Waals surface area contributed by atoms with Gasteiger partial charge in [-0.05, 0) is 43.9 Å². The van der Waals surface area contributed by atoms with Gasteiger partial charge in [0.25, 0.3) is 0 Å². The van der Waals surface area contributed by atoms with Gasteiger partial charge < -0.3 is 0 Å². The lowest BCUT2D eigenvalue weighted by atomic mass is 10.1. The SMILES string of the molecule is O=S(=O)(c1cccc(Cl)c1)N1CCCC1CCCCl. The van der Waals surface area contributed by atoms with E-state index in [0.29, 0.717) is 17.4 Å². The minimum absolute atomic E-state index is 0.0720. The molecule has 1 unspecified atom stereocenters. The third-order valence-corrected chi connectivity index (χ3v) is 5.85.